The molecule has 1 amide bonds. The van der Waals surface area contributed by atoms with E-state index in [9.17, 15) is 21.6 Å². The molecule has 1 aliphatic rings. The fraction of sp³-hybridized carbons (Fsp3) is 0.381. The van der Waals surface area contributed by atoms with E-state index in [1.165, 1.54) is 34.6 Å². The van der Waals surface area contributed by atoms with Crippen LogP contribution in [0.4, 0.5) is 0 Å². The second kappa shape index (κ2) is 10.7. The Hall–Kier alpha value is -1.69. The van der Waals surface area contributed by atoms with Gasteiger partial charge in [0.2, 0.25) is 26.0 Å². The summed E-state index contributed by atoms with van der Waals surface area (Å²) in [5.74, 6) is -0.887. The quantitative estimate of drug-likeness (QED) is 0.506. The van der Waals surface area contributed by atoms with Gasteiger partial charge in [0.25, 0.3) is 0 Å². The molecule has 1 fully saturated rings. The van der Waals surface area contributed by atoms with E-state index in [4.69, 9.17) is 23.2 Å². The Morgan fingerprint density at radius 3 is 2.45 bits per heavy atom. The molecule has 8 nitrogen and oxygen atoms in total. The van der Waals surface area contributed by atoms with Crippen molar-refractivity contribution in [2.45, 2.75) is 29.6 Å². The molecule has 3 rings (SSSR count). The lowest BCUT2D eigenvalue weighted by Gasteiger charge is -2.31. The van der Waals surface area contributed by atoms with Gasteiger partial charge in [-0.15, -0.1) is 0 Å². The Kier molecular flexibility index (Phi) is 8.41. The normalized spacial score (nSPS) is 17.6. The van der Waals surface area contributed by atoms with Crippen molar-refractivity contribution in [3.05, 3.63) is 58.1 Å². The van der Waals surface area contributed by atoms with E-state index < -0.39 is 26.0 Å². The topological polar surface area (TPSA) is 113 Å². The van der Waals surface area contributed by atoms with Gasteiger partial charge >= 0.3 is 0 Å². The Morgan fingerprint density at radius 2 is 1.76 bits per heavy atom. The first-order valence-corrected chi connectivity index (χ1v) is 14.0. The predicted octanol–water partition coefficient (Wildman–Crippen LogP) is 2.80. The van der Waals surface area contributed by atoms with Gasteiger partial charge in [-0.05, 0) is 50.1 Å². The largest absolute Gasteiger partial charge is 0.355 e. The maximum absolute atomic E-state index is 13.0. The second-order valence-corrected chi connectivity index (χ2v) is 12.3. The molecule has 12 heteroatoms. The van der Waals surface area contributed by atoms with Crippen molar-refractivity contribution in [1.29, 1.82) is 0 Å². The maximum Gasteiger partial charge on any atom is 0.244 e. The van der Waals surface area contributed by atoms with Gasteiger partial charge in [-0.25, -0.2) is 21.6 Å². The molecule has 1 saturated heterocycles. The average Bonchev–Trinajstić information content (AvgIpc) is 2.78. The molecule has 0 spiro atoms. The van der Waals surface area contributed by atoms with Crippen LogP contribution in [-0.4, -0.2) is 53.2 Å². The summed E-state index contributed by atoms with van der Waals surface area (Å²) in [6.45, 7) is 2.22. The molecule has 0 aromatic heterocycles. The summed E-state index contributed by atoms with van der Waals surface area (Å²) in [5, 5.41) is 2.99. The van der Waals surface area contributed by atoms with Gasteiger partial charge in [0, 0.05) is 31.2 Å². The van der Waals surface area contributed by atoms with Crippen LogP contribution < -0.4 is 10.0 Å². The first-order valence-electron chi connectivity index (χ1n) is 10.3. The zero-order valence-corrected chi connectivity index (χ0v) is 21.1. The number of piperidine rings is 1. The summed E-state index contributed by atoms with van der Waals surface area (Å²) < 4.78 is 54.4. The van der Waals surface area contributed by atoms with Crippen molar-refractivity contribution in [2.24, 2.45) is 5.92 Å². The van der Waals surface area contributed by atoms with Crippen molar-refractivity contribution in [2.75, 3.05) is 26.2 Å². The van der Waals surface area contributed by atoms with Crippen molar-refractivity contribution in [1.82, 2.24) is 14.3 Å². The number of nitrogens with zero attached hydrogens (tertiary/aromatic N) is 1. The van der Waals surface area contributed by atoms with E-state index in [2.05, 4.69) is 10.0 Å². The van der Waals surface area contributed by atoms with Gasteiger partial charge in [0.1, 0.15) is 4.90 Å². The molecule has 0 saturated carbocycles. The standard InChI is InChI=1S/C21H25Cl2N3O5S2/c1-15-4-7-18(8-5-15)32(28,29)25-11-10-24-21(27)16-3-2-12-26(14-16)33(30,31)20-13-17(22)6-9-19(20)23/h4-9,13,16,25H,2-3,10-12,14H2,1H3,(H,24,27)/t16-/m1/s1. The molecular formula is C21H25Cl2N3O5S2. The third-order valence-corrected chi connectivity index (χ3v) is 9.37. The summed E-state index contributed by atoms with van der Waals surface area (Å²) in [4.78, 5) is 12.7. The molecular weight excluding hydrogens is 509 g/mol. The summed E-state index contributed by atoms with van der Waals surface area (Å²) in [6, 6.07) is 10.7. The van der Waals surface area contributed by atoms with Crippen LogP contribution in [0.25, 0.3) is 0 Å². The first kappa shape index (κ1) is 25.9. The van der Waals surface area contributed by atoms with Gasteiger partial charge in [-0.2, -0.15) is 4.31 Å². The van der Waals surface area contributed by atoms with E-state index in [-0.39, 0.29) is 51.9 Å². The highest BCUT2D eigenvalue weighted by atomic mass is 35.5. The van der Waals surface area contributed by atoms with Gasteiger partial charge < -0.3 is 5.32 Å². The van der Waals surface area contributed by atoms with Crippen LogP contribution in [0.1, 0.15) is 18.4 Å². The van der Waals surface area contributed by atoms with E-state index in [1.54, 1.807) is 12.1 Å². The number of amides is 1. The third-order valence-electron chi connectivity index (χ3n) is 5.31. The summed E-state index contributed by atoms with van der Waals surface area (Å²) in [5.41, 5.74) is 0.947. The minimum atomic E-state index is -3.91. The number of sulfonamides is 2. The number of carbonyl (C=O) groups excluding carboxylic acids is 1. The molecule has 1 atom stereocenters. The minimum Gasteiger partial charge on any atom is -0.355 e. The molecule has 0 radical (unpaired) electrons. The third kappa shape index (κ3) is 6.46. The fourth-order valence-corrected chi connectivity index (χ4v) is 6.80. The number of aryl methyl sites for hydroxylation is 1. The van der Waals surface area contributed by atoms with Crippen LogP contribution in [0, 0.1) is 12.8 Å². The highest BCUT2D eigenvalue weighted by Crippen LogP contribution is 2.30. The molecule has 33 heavy (non-hydrogen) atoms. The van der Waals surface area contributed by atoms with Crippen molar-refractivity contribution >= 4 is 49.2 Å². The second-order valence-electron chi connectivity index (χ2n) is 7.78. The highest BCUT2D eigenvalue weighted by molar-refractivity contribution is 7.89. The fourth-order valence-electron chi connectivity index (χ4n) is 3.50. The Bertz CT molecular complexity index is 1220. The van der Waals surface area contributed by atoms with E-state index >= 15 is 0 Å². The van der Waals surface area contributed by atoms with Gasteiger partial charge in [-0.3, -0.25) is 4.79 Å². The minimum absolute atomic E-state index is 0.00605. The van der Waals surface area contributed by atoms with Crippen LogP contribution in [0.3, 0.4) is 0 Å². The van der Waals surface area contributed by atoms with Crippen molar-refractivity contribution < 1.29 is 21.6 Å². The number of hydrogen-bond acceptors (Lipinski definition) is 5. The summed E-state index contributed by atoms with van der Waals surface area (Å²) >= 11 is 12.0. The number of benzene rings is 2. The smallest absolute Gasteiger partial charge is 0.244 e. The zero-order chi connectivity index (χ0) is 24.2. The Balaban J connectivity index is 1.55. The Labute approximate surface area is 204 Å². The van der Waals surface area contributed by atoms with Gasteiger partial charge in [0.15, 0.2) is 0 Å². The van der Waals surface area contributed by atoms with Crippen molar-refractivity contribution in [3.63, 3.8) is 0 Å². The van der Waals surface area contributed by atoms with Crippen LogP contribution in [0.5, 0.6) is 0 Å². The van der Waals surface area contributed by atoms with Crippen LogP contribution in [0.15, 0.2) is 52.3 Å². The highest BCUT2D eigenvalue weighted by Gasteiger charge is 2.34. The molecule has 0 unspecified atom stereocenters. The van der Waals surface area contributed by atoms with Crippen LogP contribution in [-0.2, 0) is 24.8 Å². The number of carbonyl (C=O) groups is 1. The molecule has 2 aromatic carbocycles. The number of nitrogens with one attached hydrogen (secondary N) is 2. The molecule has 2 aromatic rings. The van der Waals surface area contributed by atoms with E-state index in [0.717, 1.165) is 5.56 Å². The maximum atomic E-state index is 13.0. The first-order chi connectivity index (χ1) is 15.5. The molecule has 180 valence electrons. The number of hydrogen-bond donors (Lipinski definition) is 2. The lowest BCUT2D eigenvalue weighted by atomic mass is 9.99. The lowest BCUT2D eigenvalue weighted by Crippen LogP contribution is -2.46. The SMILES string of the molecule is Cc1ccc(S(=O)(=O)NCCNC(=O)[C@@H]2CCCN(S(=O)(=O)c3cc(Cl)ccc3Cl)C2)cc1. The summed E-state index contributed by atoms with van der Waals surface area (Å²) in [6.07, 6.45) is 1.03. The zero-order valence-electron chi connectivity index (χ0n) is 17.9. The lowest BCUT2D eigenvalue weighted by molar-refractivity contribution is -0.126. The van der Waals surface area contributed by atoms with Gasteiger partial charge in [0.05, 0.1) is 15.8 Å². The summed E-state index contributed by atoms with van der Waals surface area (Å²) in [7, 11) is -7.59. The number of halogens is 2. The number of rotatable bonds is 8. The molecule has 0 bridgehead atoms. The van der Waals surface area contributed by atoms with Crippen LogP contribution in [0.2, 0.25) is 10.0 Å². The molecule has 1 aliphatic heterocycles. The molecule has 0 aliphatic carbocycles. The van der Waals surface area contributed by atoms with Crippen LogP contribution >= 0.6 is 23.2 Å². The average molecular weight is 534 g/mol. The molecule has 2 N–H and O–H groups in total. The van der Waals surface area contributed by atoms with E-state index in [1.807, 2.05) is 6.92 Å². The van der Waals surface area contributed by atoms with Gasteiger partial charge in [-0.1, -0.05) is 40.9 Å². The van der Waals surface area contributed by atoms with E-state index in [0.29, 0.717) is 12.8 Å². The predicted molar refractivity (Wildman–Crippen MR) is 127 cm³/mol. The molecule has 1 heterocycles. The Morgan fingerprint density at radius 1 is 1.06 bits per heavy atom. The monoisotopic (exact) mass is 533 g/mol. The van der Waals surface area contributed by atoms with Crippen molar-refractivity contribution in [3.8, 4) is 0 Å².